The first-order chi connectivity index (χ1) is 9.22. The number of amides is 1. The first-order valence-corrected chi connectivity index (χ1v) is 7.32. The third-order valence-corrected chi connectivity index (χ3v) is 4.38. The van der Waals surface area contributed by atoms with Gasteiger partial charge in [0.05, 0.1) is 0 Å². The molecule has 19 heavy (non-hydrogen) atoms. The van der Waals surface area contributed by atoms with E-state index in [0.717, 1.165) is 37.1 Å². The molecule has 1 aliphatic heterocycles. The molecular formula is C15H18ClNO2. The second-order valence-corrected chi connectivity index (χ2v) is 6.06. The molecule has 3 unspecified atom stereocenters. The quantitative estimate of drug-likeness (QED) is 0.864. The van der Waals surface area contributed by atoms with Crippen molar-refractivity contribution >= 4 is 17.5 Å². The predicted octanol–water partition coefficient (Wildman–Crippen LogP) is 2.51. The fraction of sp³-hybridized carbons (Fsp3) is 0.533. The lowest BCUT2D eigenvalue weighted by molar-refractivity contribution is -0.127. The van der Waals surface area contributed by atoms with Gasteiger partial charge in [0.15, 0.2) is 6.10 Å². The van der Waals surface area contributed by atoms with Crippen LogP contribution >= 0.6 is 11.6 Å². The average Bonchev–Trinajstić information content (AvgIpc) is 3.01. The summed E-state index contributed by atoms with van der Waals surface area (Å²) in [6.07, 6.45) is 3.48. The van der Waals surface area contributed by atoms with Crippen LogP contribution in [0.1, 0.15) is 24.8 Å². The highest BCUT2D eigenvalue weighted by atomic mass is 35.5. The second kappa shape index (κ2) is 5.41. The third kappa shape index (κ3) is 2.86. The Hall–Kier alpha value is -1.22. The minimum Gasteiger partial charge on any atom is -0.480 e. The van der Waals surface area contributed by atoms with Gasteiger partial charge in [-0.25, -0.2) is 0 Å². The maximum atomic E-state index is 12.1. The van der Waals surface area contributed by atoms with E-state index in [1.54, 1.807) is 0 Å². The van der Waals surface area contributed by atoms with Crippen molar-refractivity contribution in [3.8, 4) is 5.75 Å². The molecule has 1 aromatic carbocycles. The van der Waals surface area contributed by atoms with Crippen molar-refractivity contribution in [1.82, 2.24) is 5.32 Å². The zero-order valence-electron chi connectivity index (χ0n) is 10.8. The summed E-state index contributed by atoms with van der Waals surface area (Å²) in [5.41, 5.74) is 1.12. The number of carbonyl (C=O) groups excluding carboxylic acids is 1. The summed E-state index contributed by atoms with van der Waals surface area (Å²) in [7, 11) is 0. The second-order valence-electron chi connectivity index (χ2n) is 5.44. The van der Waals surface area contributed by atoms with Crippen molar-refractivity contribution in [1.29, 1.82) is 0 Å². The van der Waals surface area contributed by atoms with E-state index in [-0.39, 0.29) is 17.4 Å². The van der Waals surface area contributed by atoms with Crippen molar-refractivity contribution in [2.24, 2.45) is 5.92 Å². The van der Waals surface area contributed by atoms with Gasteiger partial charge < -0.3 is 10.1 Å². The number of hydrogen-bond acceptors (Lipinski definition) is 2. The largest absolute Gasteiger partial charge is 0.480 e. The van der Waals surface area contributed by atoms with Crippen LogP contribution in [0.25, 0.3) is 0 Å². The van der Waals surface area contributed by atoms with Crippen molar-refractivity contribution in [3.63, 3.8) is 0 Å². The van der Waals surface area contributed by atoms with Gasteiger partial charge in [0.1, 0.15) is 5.75 Å². The number of hydrogen-bond donors (Lipinski definition) is 1. The van der Waals surface area contributed by atoms with Gasteiger partial charge >= 0.3 is 0 Å². The van der Waals surface area contributed by atoms with E-state index in [1.807, 2.05) is 24.3 Å². The van der Waals surface area contributed by atoms with Gasteiger partial charge in [-0.05, 0) is 36.8 Å². The number of benzene rings is 1. The minimum atomic E-state index is -0.370. The van der Waals surface area contributed by atoms with E-state index in [4.69, 9.17) is 16.3 Å². The summed E-state index contributed by atoms with van der Waals surface area (Å²) in [5, 5.41) is 3.29. The molecule has 3 rings (SSSR count). The number of ether oxygens (including phenoxy) is 1. The molecule has 1 aromatic rings. The Morgan fingerprint density at radius 2 is 2.21 bits per heavy atom. The summed E-state index contributed by atoms with van der Waals surface area (Å²) in [4.78, 5) is 12.1. The molecule has 0 bridgehead atoms. The molecule has 102 valence electrons. The molecule has 0 radical (unpaired) electrons. The Morgan fingerprint density at radius 1 is 1.37 bits per heavy atom. The number of halogens is 1. The number of para-hydroxylation sites is 1. The van der Waals surface area contributed by atoms with E-state index < -0.39 is 0 Å². The molecule has 3 nitrogen and oxygen atoms in total. The minimum absolute atomic E-state index is 0.00535. The molecule has 1 fully saturated rings. The number of fused-ring (bicyclic) bond motifs is 1. The van der Waals surface area contributed by atoms with Crippen LogP contribution in [-0.2, 0) is 11.2 Å². The first kappa shape index (κ1) is 12.8. The summed E-state index contributed by atoms with van der Waals surface area (Å²) in [6.45, 7) is 0.720. The van der Waals surface area contributed by atoms with E-state index in [2.05, 4.69) is 5.32 Å². The van der Waals surface area contributed by atoms with Crippen molar-refractivity contribution in [2.75, 3.05) is 6.54 Å². The summed E-state index contributed by atoms with van der Waals surface area (Å²) < 4.78 is 5.67. The molecule has 4 heteroatoms. The Labute approximate surface area is 118 Å². The van der Waals surface area contributed by atoms with Gasteiger partial charge in [-0.1, -0.05) is 18.2 Å². The lowest BCUT2D eigenvalue weighted by Crippen LogP contribution is -2.39. The Morgan fingerprint density at radius 3 is 2.95 bits per heavy atom. The maximum Gasteiger partial charge on any atom is 0.261 e. The fourth-order valence-electron chi connectivity index (χ4n) is 2.89. The normalized spacial score (nSPS) is 28.8. The molecule has 0 aromatic heterocycles. The van der Waals surface area contributed by atoms with Crippen LogP contribution in [0.2, 0.25) is 0 Å². The van der Waals surface area contributed by atoms with Crippen LogP contribution in [0.3, 0.4) is 0 Å². The average molecular weight is 280 g/mol. The highest BCUT2D eigenvalue weighted by Crippen LogP contribution is 2.30. The van der Waals surface area contributed by atoms with Crippen LogP contribution in [0.15, 0.2) is 24.3 Å². The maximum absolute atomic E-state index is 12.1. The zero-order valence-corrected chi connectivity index (χ0v) is 11.5. The molecule has 1 amide bonds. The monoisotopic (exact) mass is 279 g/mol. The highest BCUT2D eigenvalue weighted by Gasteiger charge is 2.30. The molecular weight excluding hydrogens is 262 g/mol. The molecule has 0 saturated heterocycles. The van der Waals surface area contributed by atoms with Crippen LogP contribution < -0.4 is 10.1 Å². The standard InChI is InChI=1S/C15H18ClNO2/c16-12-6-5-10(7-12)9-17-15(18)14-8-11-3-1-2-4-13(11)19-14/h1-4,10,12,14H,5-9H2,(H,17,18). The van der Waals surface area contributed by atoms with Gasteiger partial charge in [-0.15, -0.1) is 11.6 Å². The van der Waals surface area contributed by atoms with Gasteiger partial charge in [0.2, 0.25) is 0 Å². The highest BCUT2D eigenvalue weighted by molar-refractivity contribution is 6.20. The van der Waals surface area contributed by atoms with Gasteiger partial charge in [-0.2, -0.15) is 0 Å². The Balaban J connectivity index is 1.50. The molecule has 1 heterocycles. The number of nitrogens with one attached hydrogen (secondary N) is 1. The van der Waals surface area contributed by atoms with Crippen molar-refractivity contribution in [2.45, 2.75) is 37.2 Å². The molecule has 1 saturated carbocycles. The topological polar surface area (TPSA) is 38.3 Å². The number of rotatable bonds is 3. The van der Waals surface area contributed by atoms with Crippen molar-refractivity contribution in [3.05, 3.63) is 29.8 Å². The third-order valence-electron chi connectivity index (χ3n) is 3.98. The van der Waals surface area contributed by atoms with Crippen molar-refractivity contribution < 1.29 is 9.53 Å². The van der Waals surface area contributed by atoms with Crippen LogP contribution in [0.4, 0.5) is 0 Å². The van der Waals surface area contributed by atoms with E-state index >= 15 is 0 Å². The molecule has 0 spiro atoms. The molecule has 3 atom stereocenters. The fourth-order valence-corrected chi connectivity index (χ4v) is 3.26. The predicted molar refractivity (Wildman–Crippen MR) is 74.6 cm³/mol. The number of carbonyl (C=O) groups is 1. The lowest BCUT2D eigenvalue weighted by atomic mass is 10.1. The Kier molecular flexibility index (Phi) is 3.65. The summed E-state index contributed by atoms with van der Waals surface area (Å²) in [5.74, 6) is 1.36. The molecule has 2 aliphatic rings. The van der Waals surface area contributed by atoms with E-state index in [0.29, 0.717) is 12.3 Å². The smallest absolute Gasteiger partial charge is 0.261 e. The summed E-state index contributed by atoms with van der Waals surface area (Å²) in [6, 6.07) is 7.83. The van der Waals surface area contributed by atoms with Gasteiger partial charge in [0.25, 0.3) is 5.91 Å². The zero-order chi connectivity index (χ0) is 13.2. The summed E-state index contributed by atoms with van der Waals surface area (Å²) >= 11 is 6.07. The van der Waals surface area contributed by atoms with Crippen LogP contribution in [0, 0.1) is 5.92 Å². The van der Waals surface area contributed by atoms with E-state index in [1.165, 1.54) is 0 Å². The Bertz CT molecular complexity index is 452. The first-order valence-electron chi connectivity index (χ1n) is 6.88. The van der Waals surface area contributed by atoms with Crippen LogP contribution in [-0.4, -0.2) is 23.9 Å². The van der Waals surface area contributed by atoms with Gasteiger partial charge in [-0.3, -0.25) is 4.79 Å². The molecule has 1 N–H and O–H groups in total. The lowest BCUT2D eigenvalue weighted by Gasteiger charge is -2.14. The van der Waals surface area contributed by atoms with Gasteiger partial charge in [0, 0.05) is 18.3 Å². The van der Waals surface area contributed by atoms with Crippen LogP contribution in [0.5, 0.6) is 5.75 Å². The molecule has 1 aliphatic carbocycles. The number of alkyl halides is 1. The van der Waals surface area contributed by atoms with E-state index in [9.17, 15) is 4.79 Å². The SMILES string of the molecule is O=C(NCC1CCC(Cl)C1)C1Cc2ccccc2O1.